The summed E-state index contributed by atoms with van der Waals surface area (Å²) in [7, 11) is 0. The molecular weight excluding hydrogens is 577 g/mol. The van der Waals surface area contributed by atoms with Crippen molar-refractivity contribution in [1.82, 2.24) is 9.38 Å². The molecule has 0 saturated heterocycles. The van der Waals surface area contributed by atoms with E-state index in [9.17, 15) is 0 Å². The molecule has 9 rings (SSSR count). The molecule has 0 bridgehead atoms. The van der Waals surface area contributed by atoms with Gasteiger partial charge >= 0.3 is 0 Å². The first-order chi connectivity index (χ1) is 22.8. The Hall–Kier alpha value is -5.51. The van der Waals surface area contributed by atoms with Crippen molar-refractivity contribution in [3.8, 4) is 44.1 Å². The summed E-state index contributed by atoms with van der Waals surface area (Å²) in [6.07, 6.45) is 8.94. The van der Waals surface area contributed by atoms with Gasteiger partial charge in [0.25, 0.3) is 0 Å². The van der Waals surface area contributed by atoms with E-state index in [4.69, 9.17) is 4.98 Å². The minimum Gasteiger partial charge on any atom is -0.291 e. The highest BCUT2D eigenvalue weighted by Gasteiger charge is 2.21. The number of allylic oxidation sites excluding steroid dienone is 4. The molecule has 0 amide bonds. The van der Waals surface area contributed by atoms with E-state index in [0.717, 1.165) is 51.9 Å². The smallest absolute Gasteiger partial charge is 0.146 e. The zero-order valence-corrected chi connectivity index (χ0v) is 26.0. The van der Waals surface area contributed by atoms with Crippen molar-refractivity contribution in [3.05, 3.63) is 163 Å². The highest BCUT2D eigenvalue weighted by Crippen LogP contribution is 2.40. The predicted molar refractivity (Wildman–Crippen MR) is 196 cm³/mol. The Balaban J connectivity index is 1.19. The summed E-state index contributed by atoms with van der Waals surface area (Å²) in [6, 6.07) is 50.4. The Morgan fingerprint density at radius 3 is 2.02 bits per heavy atom. The third-order valence-electron chi connectivity index (χ3n) is 9.11. The maximum Gasteiger partial charge on any atom is 0.146 e. The molecule has 0 spiro atoms. The number of nitrogens with zero attached hydrogens (tertiary/aromatic N) is 2. The van der Waals surface area contributed by atoms with E-state index in [-0.39, 0.29) is 0 Å². The van der Waals surface area contributed by atoms with Crippen LogP contribution in [0.5, 0.6) is 0 Å². The Bertz CT molecular complexity index is 2440. The van der Waals surface area contributed by atoms with Gasteiger partial charge in [0.15, 0.2) is 0 Å². The number of hydrogen-bond acceptors (Lipinski definition) is 2. The molecule has 1 aliphatic rings. The van der Waals surface area contributed by atoms with E-state index in [1.807, 2.05) is 11.3 Å². The van der Waals surface area contributed by atoms with Crippen LogP contribution in [-0.4, -0.2) is 9.38 Å². The zero-order chi connectivity index (χ0) is 30.5. The second-order valence-corrected chi connectivity index (χ2v) is 13.0. The molecule has 0 unspecified atom stereocenters. The van der Waals surface area contributed by atoms with Gasteiger partial charge in [0.05, 0.1) is 16.9 Å². The van der Waals surface area contributed by atoms with Gasteiger partial charge in [0.2, 0.25) is 0 Å². The lowest BCUT2D eigenvalue weighted by molar-refractivity contribution is 1.06. The first kappa shape index (κ1) is 26.9. The van der Waals surface area contributed by atoms with Crippen LogP contribution in [0.15, 0.2) is 158 Å². The Morgan fingerprint density at radius 2 is 1.24 bits per heavy atom. The summed E-state index contributed by atoms with van der Waals surface area (Å²) >= 11 is 1.89. The van der Waals surface area contributed by atoms with Crippen LogP contribution in [0.25, 0.3) is 77.0 Å². The van der Waals surface area contributed by atoms with Crippen molar-refractivity contribution in [1.29, 1.82) is 0 Å². The lowest BCUT2D eigenvalue weighted by Gasteiger charge is -2.13. The van der Waals surface area contributed by atoms with Gasteiger partial charge in [-0.3, -0.25) is 4.40 Å². The molecular formula is C43H30N2S. The van der Waals surface area contributed by atoms with Gasteiger partial charge in [-0.2, -0.15) is 0 Å². The van der Waals surface area contributed by atoms with Crippen LogP contribution in [-0.2, 0) is 0 Å². The molecule has 3 aromatic heterocycles. The maximum absolute atomic E-state index is 5.38. The molecule has 3 heterocycles. The summed E-state index contributed by atoms with van der Waals surface area (Å²) in [5.41, 5.74) is 11.6. The quantitative estimate of drug-likeness (QED) is 0.178. The molecule has 46 heavy (non-hydrogen) atoms. The van der Waals surface area contributed by atoms with Crippen LogP contribution >= 0.6 is 11.3 Å². The predicted octanol–water partition coefficient (Wildman–Crippen LogP) is 12.1. The third kappa shape index (κ3) is 4.51. The van der Waals surface area contributed by atoms with E-state index in [1.54, 1.807) is 0 Å². The highest BCUT2D eigenvalue weighted by atomic mass is 32.1. The molecule has 2 nitrogen and oxygen atoms in total. The largest absolute Gasteiger partial charge is 0.291 e. The Labute approximate surface area is 272 Å². The molecule has 5 aromatic carbocycles. The van der Waals surface area contributed by atoms with E-state index in [2.05, 4.69) is 162 Å². The molecule has 0 fully saturated rings. The van der Waals surface area contributed by atoms with Gasteiger partial charge in [-0.15, -0.1) is 11.3 Å². The normalized spacial score (nSPS) is 13.1. The van der Waals surface area contributed by atoms with Crippen molar-refractivity contribution < 1.29 is 0 Å². The molecule has 218 valence electrons. The number of aromatic nitrogens is 2. The molecule has 0 radical (unpaired) electrons. The van der Waals surface area contributed by atoms with Crippen molar-refractivity contribution in [2.24, 2.45) is 0 Å². The van der Waals surface area contributed by atoms with Crippen molar-refractivity contribution >= 4 is 44.2 Å². The Morgan fingerprint density at radius 1 is 0.543 bits per heavy atom. The zero-order valence-electron chi connectivity index (χ0n) is 25.2. The molecule has 0 N–H and O–H groups in total. The lowest BCUT2D eigenvalue weighted by Crippen LogP contribution is -1.94. The van der Waals surface area contributed by atoms with Crippen molar-refractivity contribution in [3.63, 3.8) is 0 Å². The summed E-state index contributed by atoms with van der Waals surface area (Å²) in [5, 5.41) is 3.58. The van der Waals surface area contributed by atoms with Crippen molar-refractivity contribution in [2.45, 2.75) is 12.8 Å². The number of fused-ring (bicyclic) bond motifs is 6. The number of benzene rings is 5. The van der Waals surface area contributed by atoms with Crippen LogP contribution in [0.3, 0.4) is 0 Å². The highest BCUT2D eigenvalue weighted by molar-refractivity contribution is 7.16. The number of imidazole rings is 1. The lowest BCUT2D eigenvalue weighted by atomic mass is 9.98. The summed E-state index contributed by atoms with van der Waals surface area (Å²) in [4.78, 5) is 8.06. The van der Waals surface area contributed by atoms with E-state index in [1.165, 1.54) is 42.8 Å². The van der Waals surface area contributed by atoms with Gasteiger partial charge in [0.1, 0.15) is 5.65 Å². The summed E-state index contributed by atoms with van der Waals surface area (Å²) < 4.78 is 2.36. The number of thiophene rings is 1. The topological polar surface area (TPSA) is 17.3 Å². The first-order valence-corrected chi connectivity index (χ1v) is 16.7. The van der Waals surface area contributed by atoms with E-state index in [0.29, 0.717) is 0 Å². The minimum absolute atomic E-state index is 0.977. The number of pyridine rings is 1. The van der Waals surface area contributed by atoms with Crippen molar-refractivity contribution in [2.75, 3.05) is 0 Å². The standard InChI is InChI=1S/C43H30N2S/c1-4-12-30(13-5-1)39-26-27-40(46-39)31-22-20-29(21-23-31)34-24-25-36-37(28-34)35-18-10-11-19-38(35)45-42(33-16-8-3-9-17-33)41(44-43(36)45)32-14-6-2-7-15-32/h1-4,6-12,14-28H,5,13H2. The Kier molecular flexibility index (Phi) is 6.50. The average molecular weight is 607 g/mol. The second kappa shape index (κ2) is 11.1. The average Bonchev–Trinajstić information content (AvgIpc) is 3.80. The fourth-order valence-electron chi connectivity index (χ4n) is 6.83. The van der Waals surface area contributed by atoms with Gasteiger partial charge in [0, 0.05) is 31.7 Å². The van der Waals surface area contributed by atoms with Crippen LogP contribution in [0, 0.1) is 0 Å². The number of hydrogen-bond donors (Lipinski definition) is 0. The molecule has 0 atom stereocenters. The number of rotatable bonds is 5. The van der Waals surface area contributed by atoms with E-state index < -0.39 is 0 Å². The molecule has 0 aliphatic heterocycles. The molecule has 3 heteroatoms. The maximum atomic E-state index is 5.38. The third-order valence-corrected chi connectivity index (χ3v) is 10.3. The number of para-hydroxylation sites is 1. The van der Waals surface area contributed by atoms with Crippen LogP contribution in [0.2, 0.25) is 0 Å². The second-order valence-electron chi connectivity index (χ2n) is 11.9. The fraction of sp³-hybridized carbons (Fsp3) is 0.0465. The molecule has 1 aliphatic carbocycles. The van der Waals surface area contributed by atoms with E-state index >= 15 is 0 Å². The van der Waals surface area contributed by atoms with Gasteiger partial charge in [-0.25, -0.2) is 4.98 Å². The monoisotopic (exact) mass is 606 g/mol. The van der Waals surface area contributed by atoms with Crippen LogP contribution in [0.1, 0.15) is 17.7 Å². The summed E-state index contributed by atoms with van der Waals surface area (Å²) in [5.74, 6) is 0. The van der Waals surface area contributed by atoms with Gasteiger partial charge in [-0.05, 0) is 70.8 Å². The van der Waals surface area contributed by atoms with Crippen LogP contribution in [0.4, 0.5) is 0 Å². The molecule has 8 aromatic rings. The minimum atomic E-state index is 0.977. The molecule has 0 saturated carbocycles. The van der Waals surface area contributed by atoms with Gasteiger partial charge in [-0.1, -0.05) is 127 Å². The fourth-order valence-corrected chi connectivity index (χ4v) is 7.90. The SMILES string of the molecule is C1=CCCC(c2ccc(-c3ccc(-c4ccc5c(c4)c4ccccc4n4c(-c6ccccc6)c(-c6ccccc6)nc54)cc3)s2)=C1. The first-order valence-electron chi connectivity index (χ1n) is 15.9. The summed E-state index contributed by atoms with van der Waals surface area (Å²) in [6.45, 7) is 0. The van der Waals surface area contributed by atoms with Crippen LogP contribution < -0.4 is 0 Å². The van der Waals surface area contributed by atoms with Gasteiger partial charge < -0.3 is 0 Å².